The van der Waals surface area contributed by atoms with Gasteiger partial charge in [-0.3, -0.25) is 4.79 Å². The van der Waals surface area contributed by atoms with Gasteiger partial charge in [-0.1, -0.05) is 11.6 Å². The van der Waals surface area contributed by atoms with E-state index in [1.807, 2.05) is 0 Å². The standard InChI is InChI=1S/C8H9ClN6O/c1-14(3-6(10)16)7-2-5(9)13-8-11-4-12-15(7)8/h2,4H,3H2,1H3,(H2,10,16). The number of primary amides is 1. The summed E-state index contributed by atoms with van der Waals surface area (Å²) in [5.74, 6) is 0.536. The number of aromatic nitrogens is 4. The van der Waals surface area contributed by atoms with Crippen LogP contribution in [0.3, 0.4) is 0 Å². The first kappa shape index (κ1) is 10.6. The van der Waals surface area contributed by atoms with Crippen LogP contribution in [0.2, 0.25) is 5.15 Å². The second kappa shape index (κ2) is 3.93. The molecule has 0 aliphatic rings. The van der Waals surface area contributed by atoms with Gasteiger partial charge in [0.25, 0.3) is 5.78 Å². The van der Waals surface area contributed by atoms with Crippen LogP contribution in [0.25, 0.3) is 5.78 Å². The number of anilines is 1. The molecule has 0 unspecified atom stereocenters. The lowest BCUT2D eigenvalue weighted by Gasteiger charge is -2.17. The highest BCUT2D eigenvalue weighted by Gasteiger charge is 2.11. The SMILES string of the molecule is CN(CC(N)=O)c1cc(Cl)nc2ncnn12. The summed E-state index contributed by atoms with van der Waals surface area (Å²) in [5.41, 5.74) is 5.11. The lowest BCUT2D eigenvalue weighted by atomic mass is 10.4. The van der Waals surface area contributed by atoms with Crippen LogP contribution in [-0.2, 0) is 4.79 Å². The molecular formula is C8H9ClN6O. The summed E-state index contributed by atoms with van der Waals surface area (Å²) >= 11 is 5.83. The zero-order valence-electron chi connectivity index (χ0n) is 8.46. The molecule has 16 heavy (non-hydrogen) atoms. The van der Waals surface area contributed by atoms with Crippen LogP contribution in [0.4, 0.5) is 5.82 Å². The minimum Gasteiger partial charge on any atom is -0.368 e. The molecule has 0 bridgehead atoms. The maximum Gasteiger partial charge on any atom is 0.255 e. The van der Waals surface area contributed by atoms with E-state index < -0.39 is 5.91 Å². The molecular weight excluding hydrogens is 232 g/mol. The Balaban J connectivity index is 2.49. The molecule has 0 aromatic carbocycles. The fourth-order valence-corrected chi connectivity index (χ4v) is 1.53. The molecule has 0 fully saturated rings. The molecule has 0 atom stereocenters. The summed E-state index contributed by atoms with van der Waals surface area (Å²) in [5, 5.41) is 4.26. The molecule has 0 saturated heterocycles. The van der Waals surface area contributed by atoms with Crippen LogP contribution in [0.1, 0.15) is 0 Å². The van der Waals surface area contributed by atoms with Crippen molar-refractivity contribution in [1.82, 2.24) is 19.6 Å². The van der Waals surface area contributed by atoms with Crippen molar-refractivity contribution in [3.8, 4) is 0 Å². The van der Waals surface area contributed by atoms with Gasteiger partial charge in [0.2, 0.25) is 5.91 Å². The van der Waals surface area contributed by atoms with Crippen molar-refractivity contribution >= 4 is 29.1 Å². The Morgan fingerprint density at radius 1 is 1.69 bits per heavy atom. The summed E-state index contributed by atoms with van der Waals surface area (Å²) in [7, 11) is 1.71. The van der Waals surface area contributed by atoms with E-state index in [4.69, 9.17) is 17.3 Å². The van der Waals surface area contributed by atoms with Crippen molar-refractivity contribution in [2.75, 3.05) is 18.5 Å². The number of hydrogen-bond acceptors (Lipinski definition) is 5. The van der Waals surface area contributed by atoms with E-state index in [9.17, 15) is 4.79 Å². The average molecular weight is 241 g/mol. The molecule has 8 heteroatoms. The second-order valence-electron chi connectivity index (χ2n) is 3.23. The minimum absolute atomic E-state index is 0.0648. The van der Waals surface area contributed by atoms with Gasteiger partial charge in [0.05, 0.1) is 6.54 Å². The fourth-order valence-electron chi connectivity index (χ4n) is 1.36. The number of carbonyl (C=O) groups is 1. The third-order valence-electron chi connectivity index (χ3n) is 1.99. The van der Waals surface area contributed by atoms with Gasteiger partial charge >= 0.3 is 0 Å². The van der Waals surface area contributed by atoms with Crippen molar-refractivity contribution in [3.05, 3.63) is 17.5 Å². The van der Waals surface area contributed by atoms with Gasteiger partial charge in [-0.2, -0.15) is 19.6 Å². The highest BCUT2D eigenvalue weighted by molar-refractivity contribution is 6.29. The number of nitrogens with two attached hydrogens (primary N) is 1. The van der Waals surface area contributed by atoms with Gasteiger partial charge in [-0.15, -0.1) is 0 Å². The molecule has 2 aromatic rings. The van der Waals surface area contributed by atoms with Crippen LogP contribution in [0, 0.1) is 0 Å². The maximum absolute atomic E-state index is 10.8. The molecule has 2 aromatic heterocycles. The normalized spacial score (nSPS) is 10.6. The van der Waals surface area contributed by atoms with E-state index >= 15 is 0 Å². The fraction of sp³-hybridized carbons (Fsp3) is 0.250. The summed E-state index contributed by atoms with van der Waals surface area (Å²) in [4.78, 5) is 20.3. The molecule has 0 aliphatic carbocycles. The summed E-state index contributed by atoms with van der Waals surface area (Å²) in [6, 6.07) is 1.59. The zero-order valence-corrected chi connectivity index (χ0v) is 9.22. The first-order chi connectivity index (χ1) is 7.58. The topological polar surface area (TPSA) is 89.4 Å². The number of nitrogens with zero attached hydrogens (tertiary/aromatic N) is 5. The largest absolute Gasteiger partial charge is 0.368 e. The Morgan fingerprint density at radius 2 is 2.44 bits per heavy atom. The van der Waals surface area contributed by atoms with Gasteiger partial charge in [-0.25, -0.2) is 0 Å². The van der Waals surface area contributed by atoms with E-state index in [-0.39, 0.29) is 11.7 Å². The predicted octanol–water partition coefficient (Wildman–Crippen LogP) is -0.301. The monoisotopic (exact) mass is 240 g/mol. The summed E-state index contributed by atoms with van der Waals surface area (Å²) < 4.78 is 1.48. The van der Waals surface area contributed by atoms with Crippen LogP contribution < -0.4 is 10.6 Å². The van der Waals surface area contributed by atoms with Gasteiger partial charge in [0.15, 0.2) is 0 Å². The Bertz CT molecular complexity index is 538. The van der Waals surface area contributed by atoms with E-state index in [1.165, 1.54) is 10.8 Å². The predicted molar refractivity (Wildman–Crippen MR) is 58.3 cm³/mol. The second-order valence-corrected chi connectivity index (χ2v) is 3.62. The number of carbonyl (C=O) groups excluding carboxylic acids is 1. The van der Waals surface area contributed by atoms with Crippen molar-refractivity contribution < 1.29 is 4.79 Å². The Morgan fingerprint density at radius 3 is 3.12 bits per heavy atom. The number of rotatable bonds is 3. The van der Waals surface area contributed by atoms with E-state index in [2.05, 4.69) is 15.1 Å². The lowest BCUT2D eigenvalue weighted by molar-refractivity contribution is -0.116. The van der Waals surface area contributed by atoms with E-state index in [0.717, 1.165) is 0 Å². The van der Waals surface area contributed by atoms with E-state index in [1.54, 1.807) is 18.0 Å². The van der Waals surface area contributed by atoms with E-state index in [0.29, 0.717) is 11.6 Å². The number of fused-ring (bicyclic) bond motifs is 1. The van der Waals surface area contributed by atoms with Gasteiger partial charge in [-0.05, 0) is 0 Å². The van der Waals surface area contributed by atoms with Crippen LogP contribution in [0.5, 0.6) is 0 Å². The molecule has 2 heterocycles. The summed E-state index contributed by atoms with van der Waals surface area (Å²) in [6.45, 7) is 0.0648. The molecule has 0 spiro atoms. The molecule has 2 rings (SSSR count). The molecule has 2 N–H and O–H groups in total. The van der Waals surface area contributed by atoms with Crippen LogP contribution in [-0.4, -0.2) is 39.1 Å². The number of likely N-dealkylation sites (N-methyl/N-ethyl adjacent to an activating group) is 1. The first-order valence-corrected chi connectivity index (χ1v) is 4.81. The Kier molecular flexibility index (Phi) is 2.61. The first-order valence-electron chi connectivity index (χ1n) is 4.43. The zero-order chi connectivity index (χ0) is 11.7. The summed E-state index contributed by atoms with van der Waals surface area (Å²) in [6.07, 6.45) is 1.36. The Hall–Kier alpha value is -1.89. The molecule has 7 nitrogen and oxygen atoms in total. The van der Waals surface area contributed by atoms with Crippen molar-refractivity contribution in [1.29, 1.82) is 0 Å². The van der Waals surface area contributed by atoms with Crippen molar-refractivity contribution in [3.63, 3.8) is 0 Å². The van der Waals surface area contributed by atoms with Crippen LogP contribution >= 0.6 is 11.6 Å². The third kappa shape index (κ3) is 1.89. The molecule has 0 aliphatic heterocycles. The lowest BCUT2D eigenvalue weighted by Crippen LogP contribution is -2.31. The highest BCUT2D eigenvalue weighted by Crippen LogP contribution is 2.17. The molecule has 84 valence electrons. The quantitative estimate of drug-likeness (QED) is 0.744. The maximum atomic E-state index is 10.8. The minimum atomic E-state index is -0.441. The average Bonchev–Trinajstić information content (AvgIpc) is 2.62. The molecule has 1 amide bonds. The number of hydrogen-bond donors (Lipinski definition) is 1. The van der Waals surface area contributed by atoms with Crippen molar-refractivity contribution in [2.45, 2.75) is 0 Å². The Labute approximate surface area is 95.8 Å². The van der Waals surface area contributed by atoms with Gasteiger partial charge in [0, 0.05) is 13.1 Å². The highest BCUT2D eigenvalue weighted by atomic mass is 35.5. The number of amides is 1. The number of halogens is 1. The smallest absolute Gasteiger partial charge is 0.255 e. The van der Waals surface area contributed by atoms with Gasteiger partial charge < -0.3 is 10.6 Å². The van der Waals surface area contributed by atoms with Gasteiger partial charge in [0.1, 0.15) is 17.3 Å². The molecule has 0 radical (unpaired) electrons. The van der Waals surface area contributed by atoms with Crippen molar-refractivity contribution in [2.24, 2.45) is 5.73 Å². The molecule has 0 saturated carbocycles. The third-order valence-corrected chi connectivity index (χ3v) is 2.18. The van der Waals surface area contributed by atoms with Crippen LogP contribution in [0.15, 0.2) is 12.4 Å².